The van der Waals surface area contributed by atoms with Crippen molar-refractivity contribution in [1.82, 2.24) is 0 Å². The van der Waals surface area contributed by atoms with Gasteiger partial charge in [-0.25, -0.2) is 0 Å². The number of carbonyl (C=O) groups excluding carboxylic acids is 1. The first-order chi connectivity index (χ1) is 13.6. The number of nitrogens with zero attached hydrogens (tertiary/aromatic N) is 2. The van der Waals surface area contributed by atoms with Crippen LogP contribution < -0.4 is 19.9 Å². The molecule has 0 atom stereocenters. The van der Waals surface area contributed by atoms with Crippen molar-refractivity contribution in [3.63, 3.8) is 0 Å². The van der Waals surface area contributed by atoms with E-state index in [1.165, 1.54) is 17.0 Å². The number of amides is 1. The molecule has 1 saturated heterocycles. The van der Waals surface area contributed by atoms with E-state index >= 15 is 0 Å². The number of non-ortho nitro benzene ring substituents is 1. The van der Waals surface area contributed by atoms with Gasteiger partial charge in [0.25, 0.3) is 11.6 Å². The van der Waals surface area contributed by atoms with Crippen LogP contribution in [0.25, 0.3) is 0 Å². The zero-order valence-electron chi connectivity index (χ0n) is 15.9. The van der Waals surface area contributed by atoms with E-state index < -0.39 is 4.92 Å². The van der Waals surface area contributed by atoms with Gasteiger partial charge in [-0.15, -0.1) is 0 Å². The molecule has 1 heterocycles. The van der Waals surface area contributed by atoms with Crippen molar-refractivity contribution < 1.29 is 19.4 Å². The summed E-state index contributed by atoms with van der Waals surface area (Å²) in [4.78, 5) is 26.2. The number of nitro groups is 1. The van der Waals surface area contributed by atoms with E-state index in [1.54, 1.807) is 12.1 Å². The number of carbonyl (C=O) groups is 1. The Morgan fingerprint density at radius 1 is 1.18 bits per heavy atom. The van der Waals surface area contributed by atoms with Gasteiger partial charge in [0.2, 0.25) is 0 Å². The minimum absolute atomic E-state index is 0.0362. The topological polar surface area (TPSA) is 89.2 Å². The largest absolute Gasteiger partial charge is 0.492 e. The summed E-state index contributed by atoms with van der Waals surface area (Å²) in [6.45, 7) is 6.12. The number of piperazine rings is 1. The molecule has 148 valence electrons. The number of hydrogen-bond donors (Lipinski definition) is 2. The number of quaternary nitrogens is 1. The van der Waals surface area contributed by atoms with Crippen molar-refractivity contribution >= 4 is 23.0 Å². The van der Waals surface area contributed by atoms with E-state index in [4.69, 9.17) is 4.74 Å². The van der Waals surface area contributed by atoms with Crippen LogP contribution >= 0.6 is 0 Å². The molecule has 1 aliphatic rings. The lowest BCUT2D eigenvalue weighted by atomic mass is 10.2. The van der Waals surface area contributed by atoms with Crippen molar-refractivity contribution in [1.29, 1.82) is 0 Å². The van der Waals surface area contributed by atoms with Crippen LogP contribution in [0, 0.1) is 10.1 Å². The Labute approximate surface area is 163 Å². The average Bonchev–Trinajstić information content (AvgIpc) is 2.70. The van der Waals surface area contributed by atoms with Crippen LogP contribution in [-0.2, 0) is 4.79 Å². The highest BCUT2D eigenvalue weighted by atomic mass is 16.6. The molecule has 0 radical (unpaired) electrons. The summed E-state index contributed by atoms with van der Waals surface area (Å²) in [6.07, 6.45) is 0. The van der Waals surface area contributed by atoms with E-state index in [9.17, 15) is 14.9 Å². The van der Waals surface area contributed by atoms with Crippen LogP contribution in [0.15, 0.2) is 48.5 Å². The lowest BCUT2D eigenvalue weighted by Gasteiger charge is -2.33. The molecule has 0 aliphatic carbocycles. The van der Waals surface area contributed by atoms with Gasteiger partial charge in [0, 0.05) is 17.8 Å². The highest BCUT2D eigenvalue weighted by molar-refractivity contribution is 5.92. The Morgan fingerprint density at radius 3 is 2.50 bits per heavy atom. The van der Waals surface area contributed by atoms with E-state index in [-0.39, 0.29) is 11.6 Å². The van der Waals surface area contributed by atoms with Crippen molar-refractivity contribution in [2.24, 2.45) is 0 Å². The third kappa shape index (κ3) is 4.98. The first kappa shape index (κ1) is 19.6. The average molecular weight is 385 g/mol. The Morgan fingerprint density at radius 2 is 1.86 bits per heavy atom. The monoisotopic (exact) mass is 385 g/mol. The van der Waals surface area contributed by atoms with Gasteiger partial charge in [-0.1, -0.05) is 12.1 Å². The normalized spacial score (nSPS) is 14.5. The predicted octanol–water partition coefficient (Wildman–Crippen LogP) is 1.34. The Hall–Kier alpha value is -3.13. The number of benzene rings is 2. The number of nitrogens with one attached hydrogen (secondary N) is 2. The lowest BCUT2D eigenvalue weighted by Crippen LogP contribution is -3.15. The maximum Gasteiger partial charge on any atom is 0.279 e. The smallest absolute Gasteiger partial charge is 0.279 e. The number of nitro benzene ring substituents is 1. The minimum Gasteiger partial charge on any atom is -0.492 e. The summed E-state index contributed by atoms with van der Waals surface area (Å²) in [5, 5.41) is 13.7. The van der Waals surface area contributed by atoms with E-state index in [1.807, 2.05) is 31.2 Å². The molecule has 0 saturated carbocycles. The lowest BCUT2D eigenvalue weighted by molar-refractivity contribution is -0.892. The Bertz CT molecular complexity index is 817. The second-order valence-electron chi connectivity index (χ2n) is 6.66. The molecule has 28 heavy (non-hydrogen) atoms. The molecule has 2 N–H and O–H groups in total. The van der Waals surface area contributed by atoms with Crippen LogP contribution in [0.4, 0.5) is 17.1 Å². The first-order valence-electron chi connectivity index (χ1n) is 9.41. The van der Waals surface area contributed by atoms with Crippen molar-refractivity contribution in [3.8, 4) is 5.75 Å². The van der Waals surface area contributed by atoms with Crippen LogP contribution in [0.2, 0.25) is 0 Å². The second kappa shape index (κ2) is 9.18. The summed E-state index contributed by atoms with van der Waals surface area (Å²) in [5.74, 6) is 0.641. The number of para-hydroxylation sites is 2. The van der Waals surface area contributed by atoms with Crippen molar-refractivity contribution in [2.75, 3.05) is 49.5 Å². The molecule has 0 aromatic heterocycles. The van der Waals surface area contributed by atoms with E-state index in [2.05, 4.69) is 10.2 Å². The zero-order chi connectivity index (χ0) is 19.9. The van der Waals surface area contributed by atoms with Crippen LogP contribution in [0.1, 0.15) is 6.92 Å². The fourth-order valence-electron chi connectivity index (χ4n) is 3.32. The SMILES string of the molecule is CCOc1ccccc1NC(=O)C[NH+]1CCN(c2ccc([N+](=O)[O-])cc2)CC1. The fraction of sp³-hybridized carbons (Fsp3) is 0.350. The number of anilines is 2. The minimum atomic E-state index is -0.395. The quantitative estimate of drug-likeness (QED) is 0.555. The Kier molecular flexibility index (Phi) is 6.44. The molecule has 2 aromatic carbocycles. The highest BCUT2D eigenvalue weighted by Gasteiger charge is 2.23. The summed E-state index contributed by atoms with van der Waals surface area (Å²) in [7, 11) is 0. The number of hydrogen-bond acceptors (Lipinski definition) is 5. The molecule has 1 amide bonds. The molecule has 1 fully saturated rings. The van der Waals surface area contributed by atoms with Gasteiger partial charge < -0.3 is 19.9 Å². The molecular formula is C20H25N4O4+. The zero-order valence-corrected chi connectivity index (χ0v) is 15.9. The van der Waals surface area contributed by atoms with Gasteiger partial charge in [-0.3, -0.25) is 14.9 Å². The Balaban J connectivity index is 1.50. The summed E-state index contributed by atoms with van der Waals surface area (Å²) < 4.78 is 5.54. The van der Waals surface area contributed by atoms with E-state index in [0.717, 1.165) is 31.9 Å². The summed E-state index contributed by atoms with van der Waals surface area (Å²) in [5.41, 5.74) is 1.76. The molecule has 0 unspecified atom stereocenters. The van der Waals surface area contributed by atoms with E-state index in [0.29, 0.717) is 24.6 Å². The first-order valence-corrected chi connectivity index (χ1v) is 9.41. The number of rotatable bonds is 7. The third-order valence-corrected chi connectivity index (χ3v) is 4.77. The highest BCUT2D eigenvalue weighted by Crippen LogP contribution is 2.23. The molecular weight excluding hydrogens is 360 g/mol. The standard InChI is InChI=1S/C20H24N4O4/c1-2-28-19-6-4-3-5-18(19)21-20(25)15-22-11-13-23(14-12-22)16-7-9-17(10-8-16)24(26)27/h3-10H,2,11-15H2,1H3,(H,21,25)/p+1. The third-order valence-electron chi connectivity index (χ3n) is 4.77. The second-order valence-corrected chi connectivity index (χ2v) is 6.66. The molecule has 8 heteroatoms. The predicted molar refractivity (Wildman–Crippen MR) is 107 cm³/mol. The fourth-order valence-corrected chi connectivity index (χ4v) is 3.32. The molecule has 0 bridgehead atoms. The van der Waals surface area contributed by atoms with Gasteiger partial charge in [-0.2, -0.15) is 0 Å². The number of ether oxygens (including phenoxy) is 1. The maximum atomic E-state index is 12.4. The van der Waals surface area contributed by atoms with Gasteiger partial charge in [-0.05, 0) is 31.2 Å². The molecule has 1 aliphatic heterocycles. The molecule has 2 aromatic rings. The van der Waals surface area contributed by atoms with Crippen LogP contribution in [0.3, 0.4) is 0 Å². The maximum absolute atomic E-state index is 12.4. The van der Waals surface area contributed by atoms with Gasteiger partial charge >= 0.3 is 0 Å². The van der Waals surface area contributed by atoms with Crippen molar-refractivity contribution in [2.45, 2.75) is 6.92 Å². The van der Waals surface area contributed by atoms with Gasteiger partial charge in [0.1, 0.15) is 5.75 Å². The van der Waals surface area contributed by atoms with Crippen LogP contribution in [0.5, 0.6) is 5.75 Å². The molecule has 0 spiro atoms. The molecule has 3 rings (SSSR count). The van der Waals surface area contributed by atoms with Crippen molar-refractivity contribution in [3.05, 3.63) is 58.6 Å². The molecule has 8 nitrogen and oxygen atoms in total. The summed E-state index contributed by atoms with van der Waals surface area (Å²) >= 11 is 0. The van der Waals surface area contributed by atoms with Gasteiger partial charge in [0.05, 0.1) is 43.4 Å². The summed E-state index contributed by atoms with van der Waals surface area (Å²) in [6, 6.07) is 14.0. The van der Waals surface area contributed by atoms with Gasteiger partial charge in [0.15, 0.2) is 6.54 Å². The van der Waals surface area contributed by atoms with Crippen LogP contribution in [-0.4, -0.2) is 50.2 Å².